The van der Waals surface area contributed by atoms with E-state index in [0.29, 0.717) is 0 Å². The number of rotatable bonds is 0. The molecule has 13 heavy (non-hydrogen) atoms. The Bertz CT molecular complexity index is 196. The first-order valence-corrected chi connectivity index (χ1v) is 5.17. The molecular formula is C8H12BrNO3. The Morgan fingerprint density at radius 2 is 1.92 bits per heavy atom. The molecule has 2 aliphatic heterocycles. The summed E-state index contributed by atoms with van der Waals surface area (Å²) in [6, 6.07) is 0. The van der Waals surface area contributed by atoms with Gasteiger partial charge in [0.05, 0.1) is 0 Å². The summed E-state index contributed by atoms with van der Waals surface area (Å²) in [5.74, 6) is -0.424. The lowest BCUT2D eigenvalue weighted by Gasteiger charge is -1.86. The van der Waals surface area contributed by atoms with Crippen molar-refractivity contribution in [2.24, 2.45) is 0 Å². The van der Waals surface area contributed by atoms with Crippen molar-refractivity contribution in [1.29, 1.82) is 0 Å². The third-order valence-electron chi connectivity index (χ3n) is 1.74. The Morgan fingerprint density at radius 1 is 1.31 bits per heavy atom. The summed E-state index contributed by atoms with van der Waals surface area (Å²) >= 11 is 3.01. The molecule has 0 aromatic rings. The summed E-state index contributed by atoms with van der Waals surface area (Å²) in [5, 5.41) is 2.14. The van der Waals surface area contributed by atoms with E-state index >= 15 is 0 Å². The number of hydrogen-bond acceptors (Lipinski definition) is 3. The highest BCUT2D eigenvalue weighted by molar-refractivity contribution is 9.10. The van der Waals surface area contributed by atoms with E-state index in [2.05, 4.69) is 21.2 Å². The van der Waals surface area contributed by atoms with Crippen LogP contribution in [0.5, 0.6) is 0 Å². The summed E-state index contributed by atoms with van der Waals surface area (Å²) in [7, 11) is 0. The van der Waals surface area contributed by atoms with Crippen molar-refractivity contribution in [2.45, 2.75) is 24.1 Å². The van der Waals surface area contributed by atoms with Crippen LogP contribution in [-0.2, 0) is 14.3 Å². The average Bonchev–Trinajstić information content (AvgIpc) is 2.66. The summed E-state index contributed by atoms with van der Waals surface area (Å²) in [5.41, 5.74) is 0. The van der Waals surface area contributed by atoms with E-state index in [9.17, 15) is 9.59 Å². The molecule has 2 amide bonds. The number of imide groups is 1. The summed E-state index contributed by atoms with van der Waals surface area (Å²) in [6.07, 6.45) is 2.83. The molecule has 1 atom stereocenters. The highest BCUT2D eigenvalue weighted by atomic mass is 79.9. The normalized spacial score (nSPS) is 26.7. The van der Waals surface area contributed by atoms with Gasteiger partial charge in [-0.1, -0.05) is 15.9 Å². The second-order valence-corrected chi connectivity index (χ2v) is 4.01. The molecule has 2 heterocycles. The van der Waals surface area contributed by atoms with Crippen molar-refractivity contribution in [2.75, 3.05) is 13.2 Å². The van der Waals surface area contributed by atoms with Gasteiger partial charge >= 0.3 is 0 Å². The molecule has 2 fully saturated rings. The van der Waals surface area contributed by atoms with Crippen LogP contribution >= 0.6 is 15.9 Å². The second-order valence-electron chi connectivity index (χ2n) is 2.90. The number of amides is 2. The van der Waals surface area contributed by atoms with Crippen LogP contribution in [0.3, 0.4) is 0 Å². The van der Waals surface area contributed by atoms with Gasteiger partial charge in [-0.2, -0.15) is 0 Å². The molecule has 0 saturated carbocycles. The minimum atomic E-state index is -0.296. The zero-order chi connectivity index (χ0) is 9.68. The van der Waals surface area contributed by atoms with Crippen LogP contribution in [0.4, 0.5) is 0 Å². The number of halogens is 1. The number of hydrogen-bond donors (Lipinski definition) is 1. The fraction of sp³-hybridized carbons (Fsp3) is 0.750. The van der Waals surface area contributed by atoms with Gasteiger partial charge < -0.3 is 4.74 Å². The van der Waals surface area contributed by atoms with Gasteiger partial charge in [-0.25, -0.2) is 0 Å². The Balaban J connectivity index is 0.000000145. The first kappa shape index (κ1) is 10.7. The summed E-state index contributed by atoms with van der Waals surface area (Å²) in [6.45, 7) is 2.00. The first-order valence-electron chi connectivity index (χ1n) is 4.25. The van der Waals surface area contributed by atoms with Crippen LogP contribution in [0.15, 0.2) is 0 Å². The van der Waals surface area contributed by atoms with Gasteiger partial charge in [0.2, 0.25) is 11.8 Å². The average molecular weight is 250 g/mol. The minimum absolute atomic E-state index is 0.197. The van der Waals surface area contributed by atoms with Crippen molar-refractivity contribution < 1.29 is 14.3 Å². The van der Waals surface area contributed by atoms with E-state index in [1.54, 1.807) is 0 Å². The molecule has 1 N–H and O–H groups in total. The Hall–Kier alpha value is -0.420. The molecule has 74 valence electrons. The number of nitrogens with one attached hydrogen (secondary N) is 1. The standard InChI is InChI=1S/C4H4BrNO2.C4H8O/c5-2-1-3(7)6-4(2)8;1-2-4-5-3-1/h2H,1H2,(H,6,7,8);1-4H2. The van der Waals surface area contributed by atoms with E-state index in [0.717, 1.165) is 13.2 Å². The zero-order valence-corrected chi connectivity index (χ0v) is 8.80. The Kier molecular flexibility index (Phi) is 4.38. The second kappa shape index (κ2) is 5.34. The van der Waals surface area contributed by atoms with Crippen molar-refractivity contribution in [3.05, 3.63) is 0 Å². The van der Waals surface area contributed by atoms with E-state index < -0.39 is 0 Å². The van der Waals surface area contributed by atoms with Gasteiger partial charge in [0.1, 0.15) is 4.83 Å². The molecule has 2 aliphatic rings. The van der Waals surface area contributed by atoms with Crippen molar-refractivity contribution in [1.82, 2.24) is 5.32 Å². The third kappa shape index (κ3) is 3.87. The molecule has 0 radical (unpaired) electrons. The Labute approximate surface area is 85.1 Å². The quantitative estimate of drug-likeness (QED) is 0.505. The molecule has 4 nitrogen and oxygen atoms in total. The van der Waals surface area contributed by atoms with Gasteiger partial charge in [0.15, 0.2) is 0 Å². The van der Waals surface area contributed by atoms with Crippen LogP contribution in [0.25, 0.3) is 0 Å². The SMILES string of the molecule is C1CCOC1.O=C1CC(Br)C(=O)N1. The maximum atomic E-state index is 10.4. The number of carbonyl (C=O) groups is 2. The van der Waals surface area contributed by atoms with E-state index in [-0.39, 0.29) is 23.1 Å². The maximum absolute atomic E-state index is 10.4. The minimum Gasteiger partial charge on any atom is -0.381 e. The summed E-state index contributed by atoms with van der Waals surface area (Å²) < 4.78 is 4.94. The molecule has 0 aromatic carbocycles. The lowest BCUT2D eigenvalue weighted by Crippen LogP contribution is -2.21. The predicted molar refractivity (Wildman–Crippen MR) is 50.5 cm³/mol. The lowest BCUT2D eigenvalue weighted by molar-refractivity contribution is -0.124. The predicted octanol–water partition coefficient (Wildman–Crippen LogP) is 0.593. The first-order chi connectivity index (χ1) is 6.20. The molecule has 1 unspecified atom stereocenters. The number of alkyl halides is 1. The van der Waals surface area contributed by atoms with Crippen molar-refractivity contribution in [3.8, 4) is 0 Å². The van der Waals surface area contributed by atoms with Gasteiger partial charge in [-0.15, -0.1) is 0 Å². The van der Waals surface area contributed by atoms with E-state index in [1.165, 1.54) is 12.8 Å². The maximum Gasteiger partial charge on any atom is 0.240 e. The fourth-order valence-corrected chi connectivity index (χ4v) is 1.44. The summed E-state index contributed by atoms with van der Waals surface area (Å²) in [4.78, 5) is 20.4. The van der Waals surface area contributed by atoms with Crippen LogP contribution in [-0.4, -0.2) is 29.9 Å². The highest BCUT2D eigenvalue weighted by Crippen LogP contribution is 2.10. The molecule has 0 aliphatic carbocycles. The van der Waals surface area contributed by atoms with Crippen LogP contribution in [0.1, 0.15) is 19.3 Å². The van der Waals surface area contributed by atoms with Crippen LogP contribution in [0, 0.1) is 0 Å². The number of carbonyl (C=O) groups excluding carboxylic acids is 2. The molecule has 0 aromatic heterocycles. The lowest BCUT2D eigenvalue weighted by atomic mass is 10.4. The van der Waals surface area contributed by atoms with Gasteiger partial charge in [-0.05, 0) is 12.8 Å². The topological polar surface area (TPSA) is 55.4 Å². The highest BCUT2D eigenvalue weighted by Gasteiger charge is 2.27. The smallest absolute Gasteiger partial charge is 0.240 e. The van der Waals surface area contributed by atoms with E-state index in [4.69, 9.17) is 4.74 Å². The van der Waals surface area contributed by atoms with E-state index in [1.807, 2.05) is 0 Å². The molecule has 2 saturated heterocycles. The van der Waals surface area contributed by atoms with Crippen molar-refractivity contribution in [3.63, 3.8) is 0 Å². The monoisotopic (exact) mass is 249 g/mol. The van der Waals surface area contributed by atoms with Crippen LogP contribution < -0.4 is 5.32 Å². The Morgan fingerprint density at radius 3 is 2.08 bits per heavy atom. The van der Waals surface area contributed by atoms with Crippen LogP contribution in [0.2, 0.25) is 0 Å². The largest absolute Gasteiger partial charge is 0.381 e. The third-order valence-corrected chi connectivity index (χ3v) is 2.48. The van der Waals surface area contributed by atoms with Crippen molar-refractivity contribution >= 4 is 27.7 Å². The molecular weight excluding hydrogens is 238 g/mol. The molecule has 5 heteroatoms. The van der Waals surface area contributed by atoms with Gasteiger partial charge in [-0.3, -0.25) is 14.9 Å². The zero-order valence-electron chi connectivity index (χ0n) is 7.22. The fourth-order valence-electron chi connectivity index (χ4n) is 1.03. The molecule has 2 rings (SSSR count). The van der Waals surface area contributed by atoms with Gasteiger partial charge in [0, 0.05) is 19.6 Å². The molecule has 0 spiro atoms. The number of ether oxygens (including phenoxy) is 1. The molecule has 0 bridgehead atoms. The van der Waals surface area contributed by atoms with Gasteiger partial charge in [0.25, 0.3) is 0 Å².